The highest BCUT2D eigenvalue weighted by atomic mass is 32.2. The van der Waals surface area contributed by atoms with Crippen molar-refractivity contribution in [2.24, 2.45) is 10.9 Å². The van der Waals surface area contributed by atoms with Crippen LogP contribution in [0.4, 0.5) is 4.39 Å². The number of rotatable bonds is 5. The summed E-state index contributed by atoms with van der Waals surface area (Å²) in [5.74, 6) is 1.40. The van der Waals surface area contributed by atoms with E-state index in [1.165, 1.54) is 12.1 Å². The summed E-state index contributed by atoms with van der Waals surface area (Å²) in [6.07, 6.45) is 3.05. The third-order valence-corrected chi connectivity index (χ3v) is 6.41. The molecule has 1 aromatic rings. The first kappa shape index (κ1) is 18.7. The van der Waals surface area contributed by atoms with Crippen molar-refractivity contribution in [2.45, 2.75) is 18.9 Å². The van der Waals surface area contributed by atoms with Gasteiger partial charge in [-0.2, -0.15) is 0 Å². The lowest BCUT2D eigenvalue weighted by Gasteiger charge is -2.28. The predicted molar refractivity (Wildman–Crippen MR) is 99.7 cm³/mol. The number of nitrogens with one attached hydrogen (secondary N) is 2. The molecule has 1 fully saturated rings. The second kappa shape index (κ2) is 8.07. The van der Waals surface area contributed by atoms with Crippen molar-refractivity contribution in [3.63, 3.8) is 0 Å². The van der Waals surface area contributed by atoms with Gasteiger partial charge < -0.3 is 15.4 Å². The first-order chi connectivity index (χ1) is 12.5. The molecule has 1 aromatic carbocycles. The Hall–Kier alpha value is -2.09. The zero-order chi connectivity index (χ0) is 18.6. The number of nitrogens with zero attached hydrogens (tertiary/aromatic N) is 1. The Morgan fingerprint density at radius 3 is 3.00 bits per heavy atom. The van der Waals surface area contributed by atoms with Crippen molar-refractivity contribution < 1.29 is 17.5 Å². The molecule has 2 N–H and O–H groups in total. The minimum absolute atomic E-state index is 0.0433. The molecule has 0 spiro atoms. The molecule has 3 rings (SSSR count). The summed E-state index contributed by atoms with van der Waals surface area (Å²) in [6, 6.07) is 4.36. The van der Waals surface area contributed by atoms with E-state index in [4.69, 9.17) is 4.74 Å². The van der Waals surface area contributed by atoms with E-state index in [9.17, 15) is 12.8 Å². The molecule has 8 heteroatoms. The fourth-order valence-electron chi connectivity index (χ4n) is 3.24. The van der Waals surface area contributed by atoms with Gasteiger partial charge in [0.05, 0.1) is 24.2 Å². The van der Waals surface area contributed by atoms with Crippen LogP contribution in [0, 0.1) is 11.7 Å². The predicted octanol–water partition coefficient (Wildman–Crippen LogP) is 1.81. The minimum Gasteiger partial charge on any atom is -0.493 e. The number of aliphatic imine (C=N–C) groups is 1. The van der Waals surface area contributed by atoms with E-state index < -0.39 is 9.84 Å². The van der Waals surface area contributed by atoms with Crippen LogP contribution in [0.5, 0.6) is 5.75 Å². The van der Waals surface area contributed by atoms with Crippen LogP contribution in [0.25, 0.3) is 0 Å². The molecular formula is C18H24FN3O3S. The summed E-state index contributed by atoms with van der Waals surface area (Å²) in [5, 5.41) is 6.46. The van der Waals surface area contributed by atoms with Gasteiger partial charge in [-0.15, -0.1) is 6.58 Å². The summed E-state index contributed by atoms with van der Waals surface area (Å²) in [6.45, 7) is 5.18. The summed E-state index contributed by atoms with van der Waals surface area (Å²) < 4.78 is 42.4. The quantitative estimate of drug-likeness (QED) is 0.462. The van der Waals surface area contributed by atoms with Gasteiger partial charge in [0.2, 0.25) is 0 Å². The lowest BCUT2D eigenvalue weighted by molar-refractivity contribution is 0.260. The van der Waals surface area contributed by atoms with Gasteiger partial charge in [0.1, 0.15) is 11.6 Å². The summed E-state index contributed by atoms with van der Waals surface area (Å²) in [5.41, 5.74) is 0.757. The first-order valence-electron chi connectivity index (χ1n) is 8.75. The van der Waals surface area contributed by atoms with E-state index in [0.29, 0.717) is 44.2 Å². The van der Waals surface area contributed by atoms with Gasteiger partial charge in [-0.05, 0) is 30.5 Å². The lowest BCUT2D eigenvalue weighted by atomic mass is 10.0. The molecule has 0 radical (unpaired) electrons. The van der Waals surface area contributed by atoms with Crippen LogP contribution in [0.3, 0.4) is 0 Å². The van der Waals surface area contributed by atoms with Crippen molar-refractivity contribution in [1.29, 1.82) is 0 Å². The zero-order valence-corrected chi connectivity index (χ0v) is 15.4. The van der Waals surface area contributed by atoms with Crippen molar-refractivity contribution in [3.8, 4) is 5.75 Å². The Balaban J connectivity index is 1.72. The second-order valence-electron chi connectivity index (χ2n) is 6.64. The van der Waals surface area contributed by atoms with Gasteiger partial charge >= 0.3 is 0 Å². The average Bonchev–Trinajstić information content (AvgIpc) is 2.96. The van der Waals surface area contributed by atoms with E-state index in [2.05, 4.69) is 22.2 Å². The third-order valence-electron chi connectivity index (χ3n) is 4.57. The molecule has 2 aliphatic rings. The minimum atomic E-state index is -2.92. The van der Waals surface area contributed by atoms with Crippen LogP contribution in [0.15, 0.2) is 35.8 Å². The summed E-state index contributed by atoms with van der Waals surface area (Å²) >= 11 is 0. The molecular weight excluding hydrogens is 357 g/mol. The molecule has 2 aliphatic heterocycles. The molecule has 1 saturated heterocycles. The van der Waals surface area contributed by atoms with Crippen LogP contribution in [-0.4, -0.2) is 45.6 Å². The molecule has 2 unspecified atom stereocenters. The van der Waals surface area contributed by atoms with Gasteiger partial charge in [0.15, 0.2) is 15.8 Å². The molecule has 0 saturated carbocycles. The Kier molecular flexibility index (Phi) is 5.80. The normalized spacial score (nSPS) is 24.4. The van der Waals surface area contributed by atoms with Crippen LogP contribution in [0.1, 0.15) is 24.4 Å². The monoisotopic (exact) mass is 381 g/mol. The molecule has 2 heterocycles. The smallest absolute Gasteiger partial charge is 0.192 e. The number of guanidine groups is 1. The van der Waals surface area contributed by atoms with E-state index in [-0.39, 0.29) is 29.3 Å². The van der Waals surface area contributed by atoms with Gasteiger partial charge in [0.25, 0.3) is 0 Å². The number of sulfone groups is 1. The van der Waals surface area contributed by atoms with Gasteiger partial charge in [-0.1, -0.05) is 6.08 Å². The Labute approximate surface area is 153 Å². The largest absolute Gasteiger partial charge is 0.493 e. The zero-order valence-electron chi connectivity index (χ0n) is 14.6. The number of benzene rings is 1. The van der Waals surface area contributed by atoms with Gasteiger partial charge in [0, 0.05) is 25.1 Å². The number of hydrogen-bond acceptors (Lipinski definition) is 4. The van der Waals surface area contributed by atoms with E-state index >= 15 is 0 Å². The van der Waals surface area contributed by atoms with Crippen molar-refractivity contribution in [2.75, 3.05) is 31.2 Å². The number of ether oxygens (including phenoxy) is 1. The maximum atomic E-state index is 13.6. The van der Waals surface area contributed by atoms with E-state index in [1.807, 2.05) is 0 Å². The molecule has 6 nitrogen and oxygen atoms in total. The summed E-state index contributed by atoms with van der Waals surface area (Å²) in [4.78, 5) is 4.55. The van der Waals surface area contributed by atoms with Gasteiger partial charge in [-0.25, -0.2) is 12.8 Å². The van der Waals surface area contributed by atoms with Crippen LogP contribution < -0.4 is 15.4 Å². The molecule has 142 valence electrons. The highest BCUT2D eigenvalue weighted by Gasteiger charge is 2.28. The molecule has 26 heavy (non-hydrogen) atoms. The first-order valence-corrected chi connectivity index (χ1v) is 10.6. The maximum Gasteiger partial charge on any atom is 0.192 e. The fraction of sp³-hybridized carbons (Fsp3) is 0.500. The fourth-order valence-corrected chi connectivity index (χ4v) is 5.09. The van der Waals surface area contributed by atoms with Crippen LogP contribution >= 0.6 is 0 Å². The van der Waals surface area contributed by atoms with E-state index in [1.54, 1.807) is 12.1 Å². The number of hydrogen-bond donors (Lipinski definition) is 2. The number of fused-ring (bicyclic) bond motifs is 1. The van der Waals surface area contributed by atoms with Crippen molar-refractivity contribution in [3.05, 3.63) is 42.2 Å². The Morgan fingerprint density at radius 2 is 2.27 bits per heavy atom. The molecule has 0 bridgehead atoms. The molecule has 0 aromatic heterocycles. The second-order valence-corrected chi connectivity index (χ2v) is 8.87. The van der Waals surface area contributed by atoms with Crippen LogP contribution in [-0.2, 0) is 9.84 Å². The Bertz CT molecular complexity index is 795. The highest BCUT2D eigenvalue weighted by molar-refractivity contribution is 7.91. The SMILES string of the molecule is C=CCNC(=NCC1CCS(=O)(=O)C1)NC1CCOc2ccc(F)cc21. The third kappa shape index (κ3) is 4.75. The van der Waals surface area contributed by atoms with Gasteiger partial charge in [-0.3, -0.25) is 4.99 Å². The lowest BCUT2D eigenvalue weighted by Crippen LogP contribution is -2.41. The molecule has 2 atom stereocenters. The van der Waals surface area contributed by atoms with Crippen molar-refractivity contribution in [1.82, 2.24) is 10.6 Å². The standard InChI is InChI=1S/C18H24FN3O3S/c1-2-7-20-18(21-11-13-6-9-26(23,24)12-13)22-16-5-8-25-17-4-3-14(19)10-15(16)17/h2-4,10,13,16H,1,5-9,11-12H2,(H2,20,21,22). The Morgan fingerprint density at radius 1 is 1.42 bits per heavy atom. The van der Waals surface area contributed by atoms with Crippen LogP contribution in [0.2, 0.25) is 0 Å². The maximum absolute atomic E-state index is 13.6. The highest BCUT2D eigenvalue weighted by Crippen LogP contribution is 2.32. The topological polar surface area (TPSA) is 79.8 Å². The molecule has 0 amide bonds. The van der Waals surface area contributed by atoms with E-state index in [0.717, 1.165) is 5.56 Å². The number of halogens is 1. The average molecular weight is 381 g/mol. The molecule has 0 aliphatic carbocycles. The van der Waals surface area contributed by atoms with Crippen molar-refractivity contribution >= 4 is 15.8 Å². The summed E-state index contributed by atoms with van der Waals surface area (Å²) in [7, 11) is -2.92.